The Bertz CT molecular complexity index is 536. The van der Waals surface area contributed by atoms with Crippen LogP contribution in [0.2, 0.25) is 0 Å². The Hall–Kier alpha value is -1.47. The van der Waals surface area contributed by atoms with Crippen LogP contribution in [0.5, 0.6) is 0 Å². The predicted octanol–water partition coefficient (Wildman–Crippen LogP) is 1.21. The van der Waals surface area contributed by atoms with Crippen molar-refractivity contribution >= 4 is 27.7 Å². The maximum atomic E-state index is 12.6. The second-order valence-electron chi connectivity index (χ2n) is 5.10. The molecule has 0 aliphatic carbocycles. The lowest BCUT2D eigenvalue weighted by molar-refractivity contribution is -0.131. The number of nitrogens with one attached hydrogen (secondary N) is 1. The molecule has 7 heteroatoms. The summed E-state index contributed by atoms with van der Waals surface area (Å²) in [6.45, 7) is 4.76. The zero-order valence-corrected chi connectivity index (χ0v) is 13.6. The third kappa shape index (κ3) is 4.01. The predicted molar refractivity (Wildman–Crippen MR) is 80.9 cm³/mol. The van der Waals surface area contributed by atoms with Gasteiger partial charge in [-0.3, -0.25) is 9.59 Å². The normalized spacial score (nSPS) is 18.7. The molecule has 21 heavy (non-hydrogen) atoms. The fraction of sp³-hybridized carbons (Fsp3) is 0.500. The number of hydrogen-bond acceptors (Lipinski definition) is 4. The van der Waals surface area contributed by atoms with Crippen LogP contribution < -0.4 is 5.32 Å². The van der Waals surface area contributed by atoms with E-state index in [0.717, 1.165) is 0 Å². The van der Waals surface area contributed by atoms with E-state index in [9.17, 15) is 9.59 Å². The molecular weight excluding hydrogens is 338 g/mol. The molecule has 1 aromatic heterocycles. The minimum atomic E-state index is -0.616. The van der Waals surface area contributed by atoms with Crippen molar-refractivity contribution in [2.24, 2.45) is 0 Å². The molecule has 1 aromatic rings. The van der Waals surface area contributed by atoms with E-state index < -0.39 is 6.04 Å². The Morgan fingerprint density at radius 1 is 1.48 bits per heavy atom. The van der Waals surface area contributed by atoms with Crippen molar-refractivity contribution in [1.29, 1.82) is 0 Å². The first-order valence-electron chi connectivity index (χ1n) is 6.80. The molecule has 1 unspecified atom stereocenters. The summed E-state index contributed by atoms with van der Waals surface area (Å²) >= 11 is 3.25. The third-order valence-electron chi connectivity index (χ3n) is 3.06. The van der Waals surface area contributed by atoms with Gasteiger partial charge in [0.1, 0.15) is 16.3 Å². The number of pyridine rings is 1. The number of halogens is 1. The third-order valence-corrected chi connectivity index (χ3v) is 3.50. The highest BCUT2D eigenvalue weighted by atomic mass is 79.9. The number of morpholine rings is 1. The molecule has 1 N–H and O–H groups in total. The van der Waals surface area contributed by atoms with E-state index >= 15 is 0 Å². The van der Waals surface area contributed by atoms with Gasteiger partial charge in [0.2, 0.25) is 5.91 Å². The van der Waals surface area contributed by atoms with Gasteiger partial charge in [-0.05, 0) is 41.9 Å². The first kappa shape index (κ1) is 15.9. The number of hydrogen-bond donors (Lipinski definition) is 1. The Balaban J connectivity index is 2.18. The number of amides is 2. The first-order chi connectivity index (χ1) is 9.99. The molecule has 1 saturated heterocycles. The molecule has 0 bridgehead atoms. The van der Waals surface area contributed by atoms with Crippen LogP contribution in [0, 0.1) is 0 Å². The average molecular weight is 356 g/mol. The number of nitrogens with zero attached hydrogens (tertiary/aromatic N) is 2. The van der Waals surface area contributed by atoms with Gasteiger partial charge in [0.05, 0.1) is 13.2 Å². The van der Waals surface area contributed by atoms with Gasteiger partial charge < -0.3 is 15.0 Å². The maximum Gasteiger partial charge on any atom is 0.273 e. The zero-order chi connectivity index (χ0) is 15.4. The number of ether oxygens (including phenoxy) is 1. The van der Waals surface area contributed by atoms with Crippen LogP contribution in [0.4, 0.5) is 0 Å². The first-order valence-corrected chi connectivity index (χ1v) is 7.60. The molecule has 2 rings (SSSR count). The molecule has 114 valence electrons. The second-order valence-corrected chi connectivity index (χ2v) is 5.91. The van der Waals surface area contributed by atoms with Crippen LogP contribution in [0.1, 0.15) is 24.3 Å². The van der Waals surface area contributed by atoms with E-state index in [2.05, 4.69) is 26.2 Å². The molecule has 6 nitrogen and oxygen atoms in total. The van der Waals surface area contributed by atoms with Crippen molar-refractivity contribution in [2.45, 2.75) is 25.9 Å². The van der Waals surface area contributed by atoms with Gasteiger partial charge >= 0.3 is 0 Å². The SMILES string of the molecule is CC(C)NC(=O)C1COCCN1C(=O)c1cccc(Br)n1. The monoisotopic (exact) mass is 355 g/mol. The Labute approximate surface area is 132 Å². The van der Waals surface area contributed by atoms with E-state index in [1.54, 1.807) is 18.2 Å². The van der Waals surface area contributed by atoms with Gasteiger partial charge in [0.25, 0.3) is 5.91 Å². The Kier molecular flexibility index (Phi) is 5.30. The molecule has 2 heterocycles. The summed E-state index contributed by atoms with van der Waals surface area (Å²) in [6, 6.07) is 4.53. The molecule has 0 aromatic carbocycles. The van der Waals surface area contributed by atoms with Crippen LogP contribution >= 0.6 is 15.9 Å². The summed E-state index contributed by atoms with van der Waals surface area (Å²) < 4.78 is 5.93. The fourth-order valence-electron chi connectivity index (χ4n) is 2.12. The minimum absolute atomic E-state index is 0.0142. The van der Waals surface area contributed by atoms with Crippen molar-refractivity contribution in [3.8, 4) is 0 Å². The quantitative estimate of drug-likeness (QED) is 0.827. The molecular formula is C14H18BrN3O3. The highest BCUT2D eigenvalue weighted by Gasteiger charge is 2.34. The summed E-state index contributed by atoms with van der Waals surface area (Å²) in [6.07, 6.45) is 0. The number of carbonyl (C=O) groups excluding carboxylic acids is 2. The lowest BCUT2D eigenvalue weighted by Crippen LogP contribution is -2.56. The van der Waals surface area contributed by atoms with Crippen LogP contribution in [-0.4, -0.2) is 53.5 Å². The van der Waals surface area contributed by atoms with E-state index in [-0.39, 0.29) is 24.5 Å². The van der Waals surface area contributed by atoms with Crippen molar-refractivity contribution < 1.29 is 14.3 Å². The van der Waals surface area contributed by atoms with E-state index in [4.69, 9.17) is 4.74 Å². The van der Waals surface area contributed by atoms with Gasteiger partial charge in [0.15, 0.2) is 0 Å². The number of aromatic nitrogens is 1. The highest BCUT2D eigenvalue weighted by molar-refractivity contribution is 9.10. The largest absolute Gasteiger partial charge is 0.377 e. The van der Waals surface area contributed by atoms with Crippen molar-refractivity contribution in [2.75, 3.05) is 19.8 Å². The summed E-state index contributed by atoms with van der Waals surface area (Å²) in [5.41, 5.74) is 0.314. The summed E-state index contributed by atoms with van der Waals surface area (Å²) in [5, 5.41) is 2.82. The summed E-state index contributed by atoms with van der Waals surface area (Å²) in [4.78, 5) is 30.4. The lowest BCUT2D eigenvalue weighted by atomic mass is 10.1. The molecule has 1 fully saturated rings. The number of rotatable bonds is 3. The summed E-state index contributed by atoms with van der Waals surface area (Å²) in [5.74, 6) is -0.462. The molecule has 1 aliphatic rings. The van der Waals surface area contributed by atoms with Crippen molar-refractivity contribution in [1.82, 2.24) is 15.2 Å². The maximum absolute atomic E-state index is 12.6. The van der Waals surface area contributed by atoms with Gasteiger partial charge in [-0.1, -0.05) is 6.07 Å². The molecule has 1 atom stereocenters. The van der Waals surface area contributed by atoms with Crippen LogP contribution in [-0.2, 0) is 9.53 Å². The summed E-state index contributed by atoms with van der Waals surface area (Å²) in [7, 11) is 0. The topological polar surface area (TPSA) is 71.5 Å². The molecule has 0 spiro atoms. The average Bonchev–Trinajstić information content (AvgIpc) is 2.46. The van der Waals surface area contributed by atoms with Crippen molar-refractivity contribution in [3.05, 3.63) is 28.5 Å². The Morgan fingerprint density at radius 3 is 2.90 bits per heavy atom. The van der Waals surface area contributed by atoms with E-state index in [1.165, 1.54) is 4.90 Å². The van der Waals surface area contributed by atoms with Gasteiger partial charge in [0, 0.05) is 12.6 Å². The molecule has 2 amide bonds. The molecule has 0 saturated carbocycles. The van der Waals surface area contributed by atoms with Gasteiger partial charge in [-0.25, -0.2) is 4.98 Å². The number of carbonyl (C=O) groups is 2. The van der Waals surface area contributed by atoms with Crippen LogP contribution in [0.15, 0.2) is 22.8 Å². The van der Waals surface area contributed by atoms with E-state index in [0.29, 0.717) is 23.4 Å². The fourth-order valence-corrected chi connectivity index (χ4v) is 2.46. The van der Waals surface area contributed by atoms with Crippen LogP contribution in [0.3, 0.4) is 0 Å². The second kappa shape index (κ2) is 7.00. The van der Waals surface area contributed by atoms with Gasteiger partial charge in [-0.15, -0.1) is 0 Å². The smallest absolute Gasteiger partial charge is 0.273 e. The van der Waals surface area contributed by atoms with Gasteiger partial charge in [-0.2, -0.15) is 0 Å². The zero-order valence-electron chi connectivity index (χ0n) is 12.0. The standard InChI is InChI=1S/C14H18BrN3O3/c1-9(2)16-13(19)11-8-21-7-6-18(11)14(20)10-4-3-5-12(15)17-10/h3-5,9,11H,6-8H2,1-2H3,(H,16,19). The Morgan fingerprint density at radius 2 is 2.24 bits per heavy atom. The molecule has 0 radical (unpaired) electrons. The molecule has 1 aliphatic heterocycles. The lowest BCUT2D eigenvalue weighted by Gasteiger charge is -2.34. The highest BCUT2D eigenvalue weighted by Crippen LogP contribution is 2.14. The van der Waals surface area contributed by atoms with Crippen LogP contribution in [0.25, 0.3) is 0 Å². The van der Waals surface area contributed by atoms with Crippen molar-refractivity contribution in [3.63, 3.8) is 0 Å². The van der Waals surface area contributed by atoms with E-state index in [1.807, 2.05) is 13.8 Å². The minimum Gasteiger partial charge on any atom is -0.377 e.